The lowest BCUT2D eigenvalue weighted by Gasteiger charge is -2.07. The standard InChI is InChI=1S/C14H11FN4S/c1-9-13(19-4-5-20-14(19)18-9)8-17-11-2-3-12(15)10(6-11)7-16/h2-6,17H,8H2,1H3. The molecule has 0 aliphatic carbocycles. The zero-order valence-electron chi connectivity index (χ0n) is 10.7. The van der Waals surface area contributed by atoms with Crippen LogP contribution < -0.4 is 5.32 Å². The van der Waals surface area contributed by atoms with Gasteiger partial charge in [-0.1, -0.05) is 0 Å². The van der Waals surface area contributed by atoms with Crippen molar-refractivity contribution in [2.75, 3.05) is 5.32 Å². The SMILES string of the molecule is Cc1nc2sccn2c1CNc1ccc(F)c(C#N)c1. The minimum absolute atomic E-state index is 0.0423. The molecule has 0 atom stereocenters. The van der Waals surface area contributed by atoms with Gasteiger partial charge >= 0.3 is 0 Å². The van der Waals surface area contributed by atoms with Crippen molar-refractivity contribution < 1.29 is 4.39 Å². The number of aromatic nitrogens is 2. The molecule has 0 aliphatic heterocycles. The quantitative estimate of drug-likeness (QED) is 0.803. The maximum atomic E-state index is 13.3. The molecule has 0 amide bonds. The van der Waals surface area contributed by atoms with Gasteiger partial charge in [0.2, 0.25) is 0 Å². The number of nitriles is 1. The van der Waals surface area contributed by atoms with Gasteiger partial charge in [0.1, 0.15) is 11.9 Å². The monoisotopic (exact) mass is 286 g/mol. The fourth-order valence-corrected chi connectivity index (χ4v) is 2.84. The lowest BCUT2D eigenvalue weighted by molar-refractivity contribution is 0.624. The predicted octanol–water partition coefficient (Wildman–Crippen LogP) is 3.33. The molecule has 3 rings (SSSR count). The van der Waals surface area contributed by atoms with E-state index in [-0.39, 0.29) is 5.56 Å². The van der Waals surface area contributed by atoms with Crippen molar-refractivity contribution in [1.29, 1.82) is 5.26 Å². The Morgan fingerprint density at radius 1 is 1.50 bits per heavy atom. The fourth-order valence-electron chi connectivity index (χ4n) is 2.06. The van der Waals surface area contributed by atoms with Crippen LogP contribution in [-0.4, -0.2) is 9.38 Å². The molecule has 100 valence electrons. The van der Waals surface area contributed by atoms with Crippen LogP contribution in [0.5, 0.6) is 0 Å². The van der Waals surface area contributed by atoms with Crippen molar-refractivity contribution in [3.63, 3.8) is 0 Å². The highest BCUT2D eigenvalue weighted by molar-refractivity contribution is 7.15. The van der Waals surface area contributed by atoms with Gasteiger partial charge in [-0.15, -0.1) is 11.3 Å². The van der Waals surface area contributed by atoms with Crippen LogP contribution in [0.4, 0.5) is 10.1 Å². The van der Waals surface area contributed by atoms with Gasteiger partial charge in [0, 0.05) is 17.3 Å². The van der Waals surface area contributed by atoms with E-state index < -0.39 is 5.82 Å². The van der Waals surface area contributed by atoms with E-state index in [0.717, 1.165) is 16.3 Å². The molecule has 0 saturated carbocycles. The maximum absolute atomic E-state index is 13.3. The first kappa shape index (κ1) is 12.6. The van der Waals surface area contributed by atoms with E-state index in [1.807, 2.05) is 29.0 Å². The molecule has 1 aromatic carbocycles. The third-order valence-corrected chi connectivity index (χ3v) is 3.86. The van der Waals surface area contributed by atoms with Crippen LogP contribution in [-0.2, 0) is 6.54 Å². The van der Waals surface area contributed by atoms with E-state index in [1.165, 1.54) is 12.1 Å². The smallest absolute Gasteiger partial charge is 0.194 e. The van der Waals surface area contributed by atoms with Crippen molar-refractivity contribution >= 4 is 22.0 Å². The van der Waals surface area contributed by atoms with Gasteiger partial charge in [-0.2, -0.15) is 5.26 Å². The minimum atomic E-state index is -0.501. The molecule has 0 fully saturated rings. The molecule has 0 radical (unpaired) electrons. The van der Waals surface area contributed by atoms with Gasteiger partial charge in [-0.3, -0.25) is 4.40 Å². The number of halogens is 1. The molecule has 0 unspecified atom stereocenters. The van der Waals surface area contributed by atoms with E-state index in [9.17, 15) is 4.39 Å². The Kier molecular flexibility index (Phi) is 3.12. The van der Waals surface area contributed by atoms with Crippen LogP contribution in [0.25, 0.3) is 4.96 Å². The van der Waals surface area contributed by atoms with Gasteiger partial charge < -0.3 is 5.32 Å². The molecular weight excluding hydrogens is 275 g/mol. The van der Waals surface area contributed by atoms with Crippen molar-refractivity contribution in [3.05, 3.63) is 52.5 Å². The number of imidazole rings is 1. The number of nitrogens with zero attached hydrogens (tertiary/aromatic N) is 3. The van der Waals surface area contributed by atoms with Gasteiger partial charge in [0.25, 0.3) is 0 Å². The molecule has 0 saturated heterocycles. The van der Waals surface area contributed by atoms with Crippen molar-refractivity contribution in [3.8, 4) is 6.07 Å². The van der Waals surface area contributed by atoms with Crippen molar-refractivity contribution in [2.24, 2.45) is 0 Å². The third kappa shape index (κ3) is 2.12. The molecule has 20 heavy (non-hydrogen) atoms. The summed E-state index contributed by atoms with van der Waals surface area (Å²) in [5.41, 5.74) is 2.78. The number of hydrogen-bond acceptors (Lipinski definition) is 4. The van der Waals surface area contributed by atoms with E-state index in [4.69, 9.17) is 5.26 Å². The molecule has 0 spiro atoms. The highest BCUT2D eigenvalue weighted by atomic mass is 32.1. The Bertz CT molecular complexity index is 812. The third-order valence-electron chi connectivity index (χ3n) is 3.11. The zero-order valence-corrected chi connectivity index (χ0v) is 11.5. The largest absolute Gasteiger partial charge is 0.379 e. The highest BCUT2D eigenvalue weighted by Gasteiger charge is 2.09. The van der Waals surface area contributed by atoms with E-state index >= 15 is 0 Å². The number of anilines is 1. The number of fused-ring (bicyclic) bond motifs is 1. The maximum Gasteiger partial charge on any atom is 0.194 e. The molecule has 0 aliphatic rings. The Morgan fingerprint density at radius 3 is 3.15 bits per heavy atom. The lowest BCUT2D eigenvalue weighted by atomic mass is 10.2. The average molecular weight is 286 g/mol. The number of benzene rings is 1. The first-order valence-corrected chi connectivity index (χ1v) is 6.91. The second kappa shape index (κ2) is 4.94. The summed E-state index contributed by atoms with van der Waals surface area (Å²) in [5, 5.41) is 14.0. The topological polar surface area (TPSA) is 53.1 Å². The molecule has 4 nitrogen and oxygen atoms in total. The van der Waals surface area contributed by atoms with Crippen LogP contribution in [0.15, 0.2) is 29.8 Å². The number of nitrogens with one attached hydrogen (secondary N) is 1. The Balaban J connectivity index is 1.85. The zero-order chi connectivity index (χ0) is 14.1. The highest BCUT2D eigenvalue weighted by Crippen LogP contribution is 2.19. The van der Waals surface area contributed by atoms with Crippen LogP contribution in [0.1, 0.15) is 17.0 Å². The van der Waals surface area contributed by atoms with Gasteiger partial charge in [0.15, 0.2) is 4.96 Å². The summed E-state index contributed by atoms with van der Waals surface area (Å²) in [6, 6.07) is 6.26. The van der Waals surface area contributed by atoms with Gasteiger partial charge in [-0.05, 0) is 25.1 Å². The van der Waals surface area contributed by atoms with Crippen molar-refractivity contribution in [2.45, 2.75) is 13.5 Å². The van der Waals surface area contributed by atoms with Crippen LogP contribution >= 0.6 is 11.3 Å². The second-order valence-electron chi connectivity index (χ2n) is 4.36. The van der Waals surface area contributed by atoms with E-state index in [0.29, 0.717) is 12.2 Å². The van der Waals surface area contributed by atoms with Crippen LogP contribution in [0.2, 0.25) is 0 Å². The molecule has 6 heteroatoms. The average Bonchev–Trinajstić information content (AvgIpc) is 2.99. The summed E-state index contributed by atoms with van der Waals surface area (Å²) in [6.07, 6.45) is 1.97. The first-order valence-electron chi connectivity index (χ1n) is 6.03. The summed E-state index contributed by atoms with van der Waals surface area (Å²) in [5.74, 6) is -0.501. The molecule has 1 N–H and O–H groups in total. The van der Waals surface area contributed by atoms with Gasteiger partial charge in [0.05, 0.1) is 23.5 Å². The van der Waals surface area contributed by atoms with Crippen LogP contribution in [0.3, 0.4) is 0 Å². The minimum Gasteiger partial charge on any atom is -0.379 e. The van der Waals surface area contributed by atoms with Gasteiger partial charge in [-0.25, -0.2) is 9.37 Å². The summed E-state index contributed by atoms with van der Waals surface area (Å²) < 4.78 is 15.3. The van der Waals surface area contributed by atoms with Crippen molar-refractivity contribution in [1.82, 2.24) is 9.38 Å². The second-order valence-corrected chi connectivity index (χ2v) is 5.23. The summed E-state index contributed by atoms with van der Waals surface area (Å²) in [6.45, 7) is 2.53. The Hall–Kier alpha value is -2.39. The number of thiazole rings is 1. The number of hydrogen-bond donors (Lipinski definition) is 1. The first-order chi connectivity index (χ1) is 9.69. The Morgan fingerprint density at radius 2 is 2.35 bits per heavy atom. The summed E-state index contributed by atoms with van der Waals surface area (Å²) >= 11 is 1.58. The lowest BCUT2D eigenvalue weighted by Crippen LogP contribution is -2.04. The van der Waals surface area contributed by atoms with E-state index in [1.54, 1.807) is 17.4 Å². The fraction of sp³-hybridized carbons (Fsp3) is 0.143. The Labute approximate surface area is 119 Å². The molecule has 2 aromatic heterocycles. The van der Waals surface area contributed by atoms with Crippen LogP contribution in [0, 0.1) is 24.1 Å². The summed E-state index contributed by atoms with van der Waals surface area (Å²) in [7, 11) is 0. The molecule has 2 heterocycles. The number of aryl methyl sites for hydroxylation is 1. The molecule has 0 bridgehead atoms. The molecule has 3 aromatic rings. The predicted molar refractivity (Wildman–Crippen MR) is 76.2 cm³/mol. The molecular formula is C14H11FN4S. The normalized spacial score (nSPS) is 10.7. The number of rotatable bonds is 3. The van der Waals surface area contributed by atoms with E-state index in [2.05, 4.69) is 10.3 Å². The summed E-state index contributed by atoms with van der Waals surface area (Å²) in [4.78, 5) is 5.42.